The van der Waals surface area contributed by atoms with Crippen molar-refractivity contribution in [3.63, 3.8) is 0 Å². The normalized spacial score (nSPS) is 15.0. The minimum atomic E-state index is 0.435. The first-order valence-electron chi connectivity index (χ1n) is 5.53. The fourth-order valence-electron chi connectivity index (χ4n) is 1.87. The lowest BCUT2D eigenvalue weighted by molar-refractivity contribution is 0.399. The summed E-state index contributed by atoms with van der Waals surface area (Å²) in [5.41, 5.74) is 2.65. The van der Waals surface area contributed by atoms with Crippen molar-refractivity contribution in [1.82, 2.24) is 5.32 Å². The summed E-state index contributed by atoms with van der Waals surface area (Å²) < 4.78 is 1.21. The molecule has 2 unspecified atom stereocenters. The zero-order valence-electron chi connectivity index (χ0n) is 9.97. The van der Waals surface area contributed by atoms with Crippen molar-refractivity contribution < 1.29 is 0 Å². The minimum Gasteiger partial charge on any atom is -0.313 e. The van der Waals surface area contributed by atoms with Gasteiger partial charge in [0.2, 0.25) is 0 Å². The van der Waals surface area contributed by atoms with Gasteiger partial charge in [0.25, 0.3) is 0 Å². The highest BCUT2D eigenvalue weighted by Crippen LogP contribution is 2.30. The second-order valence-corrected chi connectivity index (χ2v) is 5.03. The van der Waals surface area contributed by atoms with Crippen molar-refractivity contribution in [2.75, 3.05) is 7.05 Å². The third-order valence-electron chi connectivity index (χ3n) is 3.02. The second kappa shape index (κ2) is 5.66. The molecule has 84 valence electrons. The van der Waals surface area contributed by atoms with Crippen LogP contribution in [-0.2, 0) is 0 Å². The molecule has 0 aromatic heterocycles. The molecule has 2 atom stereocenters. The summed E-state index contributed by atoms with van der Waals surface area (Å²) in [6.07, 6.45) is 1.19. The summed E-state index contributed by atoms with van der Waals surface area (Å²) in [4.78, 5) is 0. The van der Waals surface area contributed by atoms with Crippen molar-refractivity contribution in [1.29, 1.82) is 0 Å². The van der Waals surface area contributed by atoms with E-state index in [0.717, 1.165) is 0 Å². The van der Waals surface area contributed by atoms with E-state index in [2.05, 4.69) is 60.2 Å². The lowest BCUT2D eigenvalue weighted by atomic mass is 9.92. The van der Waals surface area contributed by atoms with Gasteiger partial charge < -0.3 is 5.32 Å². The number of rotatable bonds is 4. The summed E-state index contributed by atoms with van der Waals surface area (Å²) in [7, 11) is 2.03. The van der Waals surface area contributed by atoms with E-state index >= 15 is 0 Å². The molecule has 0 heterocycles. The second-order valence-electron chi connectivity index (χ2n) is 4.18. The predicted octanol–water partition coefficient (Wildman–Crippen LogP) is 4.06. The Bertz CT molecular complexity index is 322. The van der Waals surface area contributed by atoms with E-state index in [0.29, 0.717) is 12.0 Å². The minimum absolute atomic E-state index is 0.435. The quantitative estimate of drug-likeness (QED) is 0.869. The van der Waals surface area contributed by atoms with Gasteiger partial charge >= 0.3 is 0 Å². The van der Waals surface area contributed by atoms with E-state index in [4.69, 9.17) is 0 Å². The number of nitrogens with one attached hydrogen (secondary N) is 1. The zero-order chi connectivity index (χ0) is 11.4. The molecule has 2 heteroatoms. The first-order valence-corrected chi connectivity index (χ1v) is 6.32. The molecular weight excluding hydrogens is 250 g/mol. The Balaban J connectivity index is 3.01. The third-order valence-corrected chi connectivity index (χ3v) is 3.70. The van der Waals surface area contributed by atoms with Gasteiger partial charge in [-0.15, -0.1) is 0 Å². The standard InChI is InChI=1S/C13H20BrN/c1-5-10(3)13(15-4)11-7-6-9(2)8-12(11)14/h6-8,10,13,15H,5H2,1-4H3. The molecule has 1 rings (SSSR count). The largest absolute Gasteiger partial charge is 0.313 e. The number of aryl methyl sites for hydroxylation is 1. The van der Waals surface area contributed by atoms with Crippen molar-refractivity contribution in [3.05, 3.63) is 33.8 Å². The number of hydrogen-bond donors (Lipinski definition) is 1. The van der Waals surface area contributed by atoms with Gasteiger partial charge in [-0.1, -0.05) is 48.3 Å². The summed E-state index contributed by atoms with van der Waals surface area (Å²) in [5.74, 6) is 0.647. The van der Waals surface area contributed by atoms with Crippen LogP contribution in [0.5, 0.6) is 0 Å². The van der Waals surface area contributed by atoms with Gasteiger partial charge in [0, 0.05) is 10.5 Å². The molecule has 0 spiro atoms. The molecule has 0 amide bonds. The first kappa shape index (κ1) is 12.7. The Morgan fingerprint density at radius 2 is 2.07 bits per heavy atom. The smallest absolute Gasteiger partial charge is 0.0354 e. The predicted molar refractivity (Wildman–Crippen MR) is 70.1 cm³/mol. The molecule has 0 aliphatic rings. The van der Waals surface area contributed by atoms with Gasteiger partial charge in [0.15, 0.2) is 0 Å². The van der Waals surface area contributed by atoms with Gasteiger partial charge in [0.05, 0.1) is 0 Å². The van der Waals surface area contributed by atoms with Gasteiger partial charge in [-0.05, 0) is 37.1 Å². The van der Waals surface area contributed by atoms with Crippen LogP contribution in [0.1, 0.15) is 37.4 Å². The SMILES string of the molecule is CCC(C)C(NC)c1ccc(C)cc1Br. The third kappa shape index (κ3) is 3.05. The van der Waals surface area contributed by atoms with Crippen LogP contribution in [0.15, 0.2) is 22.7 Å². The van der Waals surface area contributed by atoms with E-state index in [9.17, 15) is 0 Å². The zero-order valence-corrected chi connectivity index (χ0v) is 11.6. The Labute approximate surface area is 101 Å². The van der Waals surface area contributed by atoms with E-state index in [1.165, 1.54) is 22.0 Å². The van der Waals surface area contributed by atoms with Crippen molar-refractivity contribution in [2.24, 2.45) is 5.92 Å². The van der Waals surface area contributed by atoms with E-state index in [-0.39, 0.29) is 0 Å². The number of halogens is 1. The van der Waals surface area contributed by atoms with Crippen LogP contribution >= 0.6 is 15.9 Å². The Kier molecular flexibility index (Phi) is 4.81. The molecule has 0 bridgehead atoms. The van der Waals surface area contributed by atoms with Crippen LogP contribution in [-0.4, -0.2) is 7.05 Å². The molecule has 1 aromatic carbocycles. The molecule has 0 radical (unpaired) electrons. The summed E-state index contributed by atoms with van der Waals surface area (Å²) >= 11 is 3.65. The average Bonchev–Trinajstić information content (AvgIpc) is 2.21. The fraction of sp³-hybridized carbons (Fsp3) is 0.538. The fourth-order valence-corrected chi connectivity index (χ4v) is 2.61. The first-order chi connectivity index (χ1) is 7.10. The lowest BCUT2D eigenvalue weighted by Crippen LogP contribution is -2.23. The summed E-state index contributed by atoms with van der Waals surface area (Å²) in [6, 6.07) is 7.01. The highest BCUT2D eigenvalue weighted by Gasteiger charge is 2.17. The van der Waals surface area contributed by atoms with Crippen LogP contribution in [0.3, 0.4) is 0 Å². The molecule has 0 saturated heterocycles. The molecule has 0 saturated carbocycles. The van der Waals surface area contributed by atoms with Crippen molar-refractivity contribution in [3.8, 4) is 0 Å². The van der Waals surface area contributed by atoms with Crippen LogP contribution in [0.2, 0.25) is 0 Å². The topological polar surface area (TPSA) is 12.0 Å². The van der Waals surface area contributed by atoms with E-state index in [1.54, 1.807) is 0 Å². The van der Waals surface area contributed by atoms with Crippen LogP contribution < -0.4 is 5.32 Å². The van der Waals surface area contributed by atoms with Gasteiger partial charge in [0.1, 0.15) is 0 Å². The molecule has 1 nitrogen and oxygen atoms in total. The molecule has 15 heavy (non-hydrogen) atoms. The Morgan fingerprint density at radius 3 is 2.53 bits per heavy atom. The maximum Gasteiger partial charge on any atom is 0.0354 e. The maximum absolute atomic E-state index is 3.65. The van der Waals surface area contributed by atoms with Crippen LogP contribution in [0, 0.1) is 12.8 Å². The Morgan fingerprint density at radius 1 is 1.40 bits per heavy atom. The monoisotopic (exact) mass is 269 g/mol. The van der Waals surface area contributed by atoms with Gasteiger partial charge in [-0.2, -0.15) is 0 Å². The van der Waals surface area contributed by atoms with Gasteiger partial charge in [-0.3, -0.25) is 0 Å². The molecular formula is C13H20BrN. The highest BCUT2D eigenvalue weighted by atomic mass is 79.9. The molecule has 1 aromatic rings. The van der Waals surface area contributed by atoms with Gasteiger partial charge in [-0.25, -0.2) is 0 Å². The number of benzene rings is 1. The molecule has 0 fully saturated rings. The van der Waals surface area contributed by atoms with Crippen LogP contribution in [0.4, 0.5) is 0 Å². The summed E-state index contributed by atoms with van der Waals surface area (Å²) in [5, 5.41) is 3.40. The molecule has 0 aliphatic heterocycles. The van der Waals surface area contributed by atoms with E-state index in [1.807, 2.05) is 7.05 Å². The van der Waals surface area contributed by atoms with Crippen molar-refractivity contribution in [2.45, 2.75) is 33.2 Å². The van der Waals surface area contributed by atoms with E-state index < -0.39 is 0 Å². The average molecular weight is 270 g/mol. The lowest BCUT2D eigenvalue weighted by Gasteiger charge is -2.24. The molecule has 1 N–H and O–H groups in total. The summed E-state index contributed by atoms with van der Waals surface area (Å²) in [6.45, 7) is 6.64. The van der Waals surface area contributed by atoms with Crippen LogP contribution in [0.25, 0.3) is 0 Å². The highest BCUT2D eigenvalue weighted by molar-refractivity contribution is 9.10. The van der Waals surface area contributed by atoms with Crippen molar-refractivity contribution >= 4 is 15.9 Å². The number of hydrogen-bond acceptors (Lipinski definition) is 1. The maximum atomic E-state index is 3.65. The molecule has 0 aliphatic carbocycles. The Hall–Kier alpha value is -0.340.